The molecule has 3 aliphatic rings. The number of carbonyl (C=O) groups is 2. The Morgan fingerprint density at radius 1 is 1.38 bits per heavy atom. The Kier molecular flexibility index (Phi) is 3.64. The highest BCUT2D eigenvalue weighted by atomic mass is 16.5. The standard InChI is InChI=1S/C16H27NO4/c1-10(21-14(2,3)4)7-12(18)17-9-11-8-16(17,13(19)20)15(11,5)6/h10-11H,7-9H2,1-6H3,(H,19,20)/t10-,11-,16-/m1/s1. The van der Waals surface area contributed by atoms with E-state index in [2.05, 4.69) is 0 Å². The maximum Gasteiger partial charge on any atom is 0.330 e. The minimum absolute atomic E-state index is 0.109. The van der Waals surface area contributed by atoms with Gasteiger partial charge in [-0.1, -0.05) is 13.8 Å². The summed E-state index contributed by atoms with van der Waals surface area (Å²) in [4.78, 5) is 25.9. The van der Waals surface area contributed by atoms with Crippen molar-refractivity contribution in [3.8, 4) is 0 Å². The quantitative estimate of drug-likeness (QED) is 0.864. The van der Waals surface area contributed by atoms with E-state index in [1.54, 1.807) is 4.90 Å². The van der Waals surface area contributed by atoms with E-state index in [0.29, 0.717) is 13.0 Å². The molecule has 5 heteroatoms. The molecule has 5 nitrogen and oxygen atoms in total. The molecule has 0 radical (unpaired) electrons. The summed E-state index contributed by atoms with van der Waals surface area (Å²) in [6.45, 7) is 12.2. The summed E-state index contributed by atoms with van der Waals surface area (Å²) < 4.78 is 5.77. The maximum absolute atomic E-state index is 12.6. The van der Waals surface area contributed by atoms with Gasteiger partial charge in [0.05, 0.1) is 18.1 Å². The lowest BCUT2D eigenvalue weighted by molar-refractivity contribution is -0.172. The van der Waals surface area contributed by atoms with E-state index in [0.717, 1.165) is 0 Å². The molecule has 3 rings (SSSR count). The normalized spacial score (nSPS) is 31.7. The van der Waals surface area contributed by atoms with E-state index in [1.807, 2.05) is 41.5 Å². The van der Waals surface area contributed by atoms with E-state index >= 15 is 0 Å². The van der Waals surface area contributed by atoms with Crippen LogP contribution in [0.5, 0.6) is 0 Å². The zero-order valence-corrected chi connectivity index (χ0v) is 13.9. The van der Waals surface area contributed by atoms with Crippen LogP contribution in [0.3, 0.4) is 0 Å². The number of hydrogen-bond donors (Lipinski definition) is 1. The molecule has 0 aromatic heterocycles. The van der Waals surface area contributed by atoms with Crippen LogP contribution in [0, 0.1) is 11.3 Å². The van der Waals surface area contributed by atoms with Crippen LogP contribution in [0.2, 0.25) is 0 Å². The van der Waals surface area contributed by atoms with Crippen molar-refractivity contribution in [2.45, 2.75) is 71.6 Å². The summed E-state index contributed by atoms with van der Waals surface area (Å²) in [5, 5.41) is 9.66. The van der Waals surface area contributed by atoms with Gasteiger partial charge in [-0.05, 0) is 40.0 Å². The first-order chi connectivity index (χ1) is 9.42. The summed E-state index contributed by atoms with van der Waals surface area (Å²) >= 11 is 0. The predicted molar refractivity (Wildman–Crippen MR) is 78.9 cm³/mol. The van der Waals surface area contributed by atoms with Crippen LogP contribution < -0.4 is 0 Å². The molecule has 21 heavy (non-hydrogen) atoms. The van der Waals surface area contributed by atoms with Gasteiger partial charge in [-0.15, -0.1) is 0 Å². The Balaban J connectivity index is 2.09. The van der Waals surface area contributed by atoms with Crippen LogP contribution in [-0.2, 0) is 14.3 Å². The van der Waals surface area contributed by atoms with Crippen LogP contribution in [0.1, 0.15) is 54.4 Å². The third-order valence-corrected chi connectivity index (χ3v) is 5.16. The summed E-state index contributed by atoms with van der Waals surface area (Å²) in [6, 6.07) is 0. The van der Waals surface area contributed by atoms with Crippen LogP contribution in [-0.4, -0.2) is 45.7 Å². The van der Waals surface area contributed by atoms with Crippen LogP contribution in [0.4, 0.5) is 0 Å². The second-order valence-electron chi connectivity index (χ2n) is 8.04. The fourth-order valence-electron chi connectivity index (χ4n) is 4.00. The smallest absolute Gasteiger partial charge is 0.330 e. The van der Waals surface area contributed by atoms with Crippen molar-refractivity contribution >= 4 is 11.9 Å². The zero-order valence-electron chi connectivity index (χ0n) is 13.9. The molecule has 1 amide bonds. The molecule has 1 aliphatic carbocycles. The van der Waals surface area contributed by atoms with Crippen molar-refractivity contribution in [3.63, 3.8) is 0 Å². The molecule has 1 saturated carbocycles. The largest absolute Gasteiger partial charge is 0.479 e. The van der Waals surface area contributed by atoms with Crippen LogP contribution >= 0.6 is 0 Å². The van der Waals surface area contributed by atoms with Gasteiger partial charge in [0.1, 0.15) is 5.54 Å². The molecule has 120 valence electrons. The molecule has 0 aromatic rings. The molecule has 2 aliphatic heterocycles. The highest BCUT2D eigenvalue weighted by Gasteiger charge is 2.74. The van der Waals surface area contributed by atoms with Crippen molar-refractivity contribution in [1.82, 2.24) is 4.90 Å². The van der Waals surface area contributed by atoms with Gasteiger partial charge in [-0.25, -0.2) is 4.79 Å². The molecule has 2 heterocycles. The molecule has 0 spiro atoms. The number of rotatable bonds is 4. The van der Waals surface area contributed by atoms with E-state index in [4.69, 9.17) is 4.74 Å². The van der Waals surface area contributed by atoms with E-state index < -0.39 is 11.5 Å². The maximum atomic E-state index is 12.6. The molecule has 0 aromatic carbocycles. The lowest BCUT2D eigenvalue weighted by Gasteiger charge is -2.52. The summed E-state index contributed by atoms with van der Waals surface area (Å²) in [5.41, 5.74) is -1.67. The Morgan fingerprint density at radius 3 is 2.38 bits per heavy atom. The average molecular weight is 297 g/mol. The number of fused-ring (bicyclic) bond motifs is 1. The van der Waals surface area contributed by atoms with Gasteiger partial charge in [0, 0.05) is 12.0 Å². The van der Waals surface area contributed by atoms with Crippen molar-refractivity contribution in [1.29, 1.82) is 0 Å². The second kappa shape index (κ2) is 4.70. The number of aliphatic carboxylic acids is 1. The molecular weight excluding hydrogens is 270 g/mol. The molecule has 2 saturated heterocycles. The summed E-state index contributed by atoms with van der Waals surface area (Å²) in [6.07, 6.45) is 0.592. The van der Waals surface area contributed by atoms with Gasteiger partial charge in [0.25, 0.3) is 0 Å². The molecule has 0 unspecified atom stereocenters. The van der Waals surface area contributed by atoms with Crippen LogP contribution in [0.15, 0.2) is 0 Å². The van der Waals surface area contributed by atoms with E-state index in [9.17, 15) is 14.7 Å². The van der Waals surface area contributed by atoms with E-state index in [1.165, 1.54) is 0 Å². The number of carbonyl (C=O) groups excluding carboxylic acids is 1. The topological polar surface area (TPSA) is 66.8 Å². The lowest BCUT2D eigenvalue weighted by atomic mass is 9.53. The van der Waals surface area contributed by atoms with Gasteiger partial charge in [0.15, 0.2) is 0 Å². The lowest BCUT2D eigenvalue weighted by Crippen LogP contribution is -2.65. The number of nitrogens with zero attached hydrogens (tertiary/aromatic N) is 1. The minimum atomic E-state index is -1.02. The number of carboxylic acid groups (broad SMARTS) is 1. The van der Waals surface area contributed by atoms with Crippen molar-refractivity contribution in [2.75, 3.05) is 6.54 Å². The number of carboxylic acids is 1. The first-order valence-electron chi connectivity index (χ1n) is 7.63. The first kappa shape index (κ1) is 16.3. The number of hydrogen-bond acceptors (Lipinski definition) is 3. The fourth-order valence-corrected chi connectivity index (χ4v) is 4.00. The van der Waals surface area contributed by atoms with Gasteiger partial charge < -0.3 is 14.7 Å². The number of amides is 1. The molecule has 1 N–H and O–H groups in total. The van der Waals surface area contributed by atoms with Gasteiger partial charge in [0.2, 0.25) is 5.91 Å². The predicted octanol–water partition coefficient (Wildman–Crippen LogP) is 2.29. The molecule has 3 fully saturated rings. The third-order valence-electron chi connectivity index (χ3n) is 5.16. The van der Waals surface area contributed by atoms with Crippen molar-refractivity contribution in [3.05, 3.63) is 0 Å². The third kappa shape index (κ3) is 2.35. The molecule has 3 atom stereocenters. The second-order valence-corrected chi connectivity index (χ2v) is 8.04. The molecule has 2 bridgehead atoms. The highest BCUT2D eigenvalue weighted by Crippen LogP contribution is 2.63. The van der Waals surface area contributed by atoms with Crippen molar-refractivity contribution in [2.24, 2.45) is 11.3 Å². The van der Waals surface area contributed by atoms with Gasteiger partial charge in [-0.2, -0.15) is 0 Å². The highest BCUT2D eigenvalue weighted by molar-refractivity contribution is 5.91. The number of ether oxygens (including phenoxy) is 1. The van der Waals surface area contributed by atoms with Gasteiger partial charge >= 0.3 is 5.97 Å². The first-order valence-corrected chi connectivity index (χ1v) is 7.63. The Labute approximate surface area is 126 Å². The Bertz CT molecular complexity index is 465. The summed E-state index contributed by atoms with van der Waals surface area (Å²) in [7, 11) is 0. The zero-order chi connectivity index (χ0) is 16.2. The average Bonchev–Trinajstić information content (AvgIpc) is 2.77. The van der Waals surface area contributed by atoms with Gasteiger partial charge in [-0.3, -0.25) is 4.79 Å². The van der Waals surface area contributed by atoms with Crippen molar-refractivity contribution < 1.29 is 19.4 Å². The SMILES string of the molecule is C[C@H](CC(=O)N1C[C@H]2C[C@@]1(C(=O)O)C2(C)C)OC(C)(C)C. The van der Waals surface area contributed by atoms with Crippen LogP contribution in [0.25, 0.3) is 0 Å². The van der Waals surface area contributed by atoms with E-state index in [-0.39, 0.29) is 35.4 Å². The minimum Gasteiger partial charge on any atom is -0.479 e. The Morgan fingerprint density at radius 2 is 1.95 bits per heavy atom. The monoisotopic (exact) mass is 297 g/mol. The Hall–Kier alpha value is -1.10. The fraction of sp³-hybridized carbons (Fsp3) is 0.875. The summed E-state index contributed by atoms with van der Waals surface area (Å²) in [5.74, 6) is -0.697. The molecular formula is C16H27NO4.